The Morgan fingerprint density at radius 1 is 1.00 bits per heavy atom. The van der Waals surface area contributed by atoms with E-state index in [1.54, 1.807) is 28.7 Å². The lowest BCUT2D eigenvalue weighted by Gasteiger charge is -2.57. The average Bonchev–Trinajstić information content (AvgIpc) is 2.84. The van der Waals surface area contributed by atoms with E-state index in [9.17, 15) is 13.5 Å². The summed E-state index contributed by atoms with van der Waals surface area (Å²) < 4.78 is 28.7. The number of pyridine rings is 1. The average molecular weight is 478 g/mol. The summed E-state index contributed by atoms with van der Waals surface area (Å²) in [6.45, 7) is 3.82. The highest BCUT2D eigenvalue weighted by molar-refractivity contribution is 7.89. The molecular weight excluding hydrogens is 446 g/mol. The molecule has 2 saturated heterocycles. The van der Waals surface area contributed by atoms with Crippen molar-refractivity contribution < 1.29 is 13.5 Å². The lowest BCUT2D eigenvalue weighted by Crippen LogP contribution is -2.67. The van der Waals surface area contributed by atoms with Crippen molar-refractivity contribution in [3.8, 4) is 11.1 Å². The number of aryl methyl sites for hydroxylation is 1. The summed E-state index contributed by atoms with van der Waals surface area (Å²) in [4.78, 5) is 6.86. The van der Waals surface area contributed by atoms with Gasteiger partial charge in [-0.15, -0.1) is 0 Å². The van der Waals surface area contributed by atoms with Crippen molar-refractivity contribution in [3.63, 3.8) is 0 Å². The van der Waals surface area contributed by atoms with Crippen LogP contribution in [0.1, 0.15) is 29.9 Å². The highest BCUT2D eigenvalue weighted by atomic mass is 32.2. The third-order valence-electron chi connectivity index (χ3n) is 7.25. The number of nitrogens with zero attached hydrogens (tertiary/aromatic N) is 3. The van der Waals surface area contributed by atoms with E-state index in [-0.39, 0.29) is 24.6 Å². The molecule has 0 saturated carbocycles. The lowest BCUT2D eigenvalue weighted by molar-refractivity contribution is -0.0553. The normalized spacial score (nSPS) is 24.0. The van der Waals surface area contributed by atoms with Crippen LogP contribution in [0.4, 0.5) is 0 Å². The smallest absolute Gasteiger partial charge is 0.243 e. The number of rotatable bonds is 5. The topological polar surface area (TPSA) is 73.7 Å². The Morgan fingerprint density at radius 2 is 1.79 bits per heavy atom. The highest BCUT2D eigenvalue weighted by Gasteiger charge is 2.50. The zero-order chi connectivity index (χ0) is 23.7. The third-order valence-corrected chi connectivity index (χ3v) is 9.11. The maximum Gasteiger partial charge on any atom is 0.243 e. The van der Waals surface area contributed by atoms with Crippen LogP contribution in [0.2, 0.25) is 0 Å². The molecule has 2 aliphatic rings. The molecule has 3 atom stereocenters. The van der Waals surface area contributed by atoms with Crippen LogP contribution < -0.4 is 0 Å². The van der Waals surface area contributed by atoms with Gasteiger partial charge in [0.2, 0.25) is 10.0 Å². The molecule has 0 bridgehead atoms. The van der Waals surface area contributed by atoms with Gasteiger partial charge in [0.25, 0.3) is 0 Å². The Labute approximate surface area is 201 Å². The first kappa shape index (κ1) is 23.2. The van der Waals surface area contributed by atoms with Crippen LogP contribution in [-0.2, 0) is 10.0 Å². The van der Waals surface area contributed by atoms with Crippen molar-refractivity contribution in [2.75, 3.05) is 26.2 Å². The minimum atomic E-state index is -3.58. The first-order valence-corrected chi connectivity index (χ1v) is 13.4. The van der Waals surface area contributed by atoms with Gasteiger partial charge in [-0.25, -0.2) is 8.42 Å². The third kappa shape index (κ3) is 4.29. The number of hydrogen-bond acceptors (Lipinski definition) is 5. The molecule has 3 aromatic rings. The Bertz CT molecular complexity index is 1230. The fourth-order valence-corrected chi connectivity index (χ4v) is 7.09. The Kier molecular flexibility index (Phi) is 6.53. The summed E-state index contributed by atoms with van der Waals surface area (Å²) >= 11 is 0. The van der Waals surface area contributed by atoms with Gasteiger partial charge in [0.05, 0.1) is 11.5 Å². The molecule has 0 amide bonds. The molecule has 2 aliphatic heterocycles. The van der Waals surface area contributed by atoms with Gasteiger partial charge in [0.15, 0.2) is 0 Å². The van der Waals surface area contributed by atoms with Gasteiger partial charge in [0.1, 0.15) is 0 Å². The van der Waals surface area contributed by atoms with E-state index in [2.05, 4.69) is 34.1 Å². The van der Waals surface area contributed by atoms with Crippen molar-refractivity contribution >= 4 is 10.0 Å². The Morgan fingerprint density at radius 3 is 2.50 bits per heavy atom. The van der Waals surface area contributed by atoms with Gasteiger partial charge in [-0.3, -0.25) is 9.88 Å². The highest BCUT2D eigenvalue weighted by Crippen LogP contribution is 2.43. The fraction of sp³-hybridized carbons (Fsp3) is 0.370. The standard InChI is InChI=1S/C27H31N3O3S/c1-20-6-4-8-24(16-20)34(32,33)29-14-2-3-15-30-25(18-29)27(26(30)19-31)22-11-9-21(10-12-22)23-7-5-13-28-17-23/h4-13,16-17,25-27,31H,2-3,14-15,18-19H2,1H3/t25-,26-,27-/m1/s1. The van der Waals surface area contributed by atoms with Gasteiger partial charge in [-0.05, 0) is 66.8 Å². The van der Waals surface area contributed by atoms with Crippen molar-refractivity contribution in [2.45, 2.75) is 42.7 Å². The van der Waals surface area contributed by atoms with Gasteiger partial charge >= 0.3 is 0 Å². The summed E-state index contributed by atoms with van der Waals surface area (Å²) in [5.74, 6) is 0.0845. The number of aliphatic hydroxyl groups is 1. The second-order valence-electron chi connectivity index (χ2n) is 9.33. The predicted octanol–water partition coefficient (Wildman–Crippen LogP) is 3.67. The van der Waals surface area contributed by atoms with Crippen LogP contribution in [0.15, 0.2) is 78.0 Å². The fourth-order valence-electron chi connectivity index (χ4n) is 5.48. The number of hydrogen-bond donors (Lipinski definition) is 1. The number of fused-ring (bicyclic) bond motifs is 1. The number of sulfonamides is 1. The van der Waals surface area contributed by atoms with E-state index in [0.717, 1.165) is 41.6 Å². The predicted molar refractivity (Wildman–Crippen MR) is 133 cm³/mol. The van der Waals surface area contributed by atoms with Gasteiger partial charge in [-0.1, -0.05) is 42.5 Å². The van der Waals surface area contributed by atoms with Gasteiger partial charge < -0.3 is 5.11 Å². The van der Waals surface area contributed by atoms with E-state index < -0.39 is 10.0 Å². The second kappa shape index (κ2) is 9.58. The number of benzene rings is 2. The lowest BCUT2D eigenvalue weighted by atomic mass is 9.74. The van der Waals surface area contributed by atoms with E-state index in [0.29, 0.717) is 18.0 Å². The number of aliphatic hydroxyl groups excluding tert-OH is 1. The number of aromatic nitrogens is 1. The Balaban J connectivity index is 1.43. The molecule has 1 N–H and O–H groups in total. The second-order valence-corrected chi connectivity index (χ2v) is 11.3. The molecule has 0 unspecified atom stereocenters. The molecule has 2 fully saturated rings. The summed E-state index contributed by atoms with van der Waals surface area (Å²) in [5.41, 5.74) is 4.23. The SMILES string of the molecule is Cc1cccc(S(=O)(=O)N2CCCCN3[C@H](CO)[C@H](c4ccc(-c5cccnc5)cc4)[C@H]3C2)c1. The quantitative estimate of drug-likeness (QED) is 0.607. The van der Waals surface area contributed by atoms with Crippen molar-refractivity contribution in [1.82, 2.24) is 14.2 Å². The largest absolute Gasteiger partial charge is 0.395 e. The maximum absolute atomic E-state index is 13.5. The Hall–Kier alpha value is -2.58. The van der Waals surface area contributed by atoms with E-state index in [1.807, 2.05) is 31.3 Å². The molecule has 2 aromatic carbocycles. The minimum Gasteiger partial charge on any atom is -0.395 e. The summed E-state index contributed by atoms with van der Waals surface area (Å²) in [6, 6.07) is 19.6. The van der Waals surface area contributed by atoms with Crippen LogP contribution in [-0.4, -0.2) is 66.0 Å². The zero-order valence-corrected chi connectivity index (χ0v) is 20.2. The molecule has 3 heterocycles. The molecule has 6 nitrogen and oxygen atoms in total. The van der Waals surface area contributed by atoms with Crippen LogP contribution >= 0.6 is 0 Å². The zero-order valence-electron chi connectivity index (χ0n) is 19.4. The summed E-state index contributed by atoms with van der Waals surface area (Å²) in [7, 11) is -3.58. The van der Waals surface area contributed by atoms with Crippen LogP contribution in [0.25, 0.3) is 11.1 Å². The molecule has 178 valence electrons. The van der Waals surface area contributed by atoms with E-state index in [1.165, 1.54) is 0 Å². The maximum atomic E-state index is 13.5. The van der Waals surface area contributed by atoms with Crippen LogP contribution in [0.3, 0.4) is 0 Å². The molecule has 0 aliphatic carbocycles. The monoisotopic (exact) mass is 477 g/mol. The van der Waals surface area contributed by atoms with Crippen LogP contribution in [0, 0.1) is 6.92 Å². The van der Waals surface area contributed by atoms with Gasteiger partial charge in [-0.2, -0.15) is 4.31 Å². The first-order chi connectivity index (χ1) is 16.5. The van der Waals surface area contributed by atoms with Crippen molar-refractivity contribution in [3.05, 3.63) is 84.2 Å². The van der Waals surface area contributed by atoms with Gasteiger partial charge in [0, 0.05) is 43.5 Å². The molecule has 0 spiro atoms. The molecule has 1 aromatic heterocycles. The summed E-state index contributed by atoms with van der Waals surface area (Å²) in [5, 5.41) is 10.2. The molecule has 7 heteroatoms. The van der Waals surface area contributed by atoms with Crippen molar-refractivity contribution in [2.24, 2.45) is 0 Å². The minimum absolute atomic E-state index is 0.0101. The molecule has 0 radical (unpaired) electrons. The molecular formula is C27H31N3O3S. The molecule has 34 heavy (non-hydrogen) atoms. The first-order valence-electron chi connectivity index (χ1n) is 11.9. The van der Waals surface area contributed by atoms with Crippen LogP contribution in [0.5, 0.6) is 0 Å². The van der Waals surface area contributed by atoms with E-state index in [4.69, 9.17) is 0 Å². The molecule has 5 rings (SSSR count). The van der Waals surface area contributed by atoms with Crippen molar-refractivity contribution in [1.29, 1.82) is 0 Å². The van der Waals surface area contributed by atoms with E-state index >= 15 is 0 Å². The summed E-state index contributed by atoms with van der Waals surface area (Å²) in [6.07, 6.45) is 5.34.